The molecule has 4 aromatic rings. The van der Waals surface area contributed by atoms with Crippen LogP contribution in [0, 0.1) is 39.3 Å². The van der Waals surface area contributed by atoms with E-state index in [1.807, 2.05) is 0 Å². The number of hydrogen-bond donors (Lipinski definition) is 0. The van der Waals surface area contributed by atoms with Crippen molar-refractivity contribution in [3.63, 3.8) is 0 Å². The van der Waals surface area contributed by atoms with Crippen LogP contribution < -0.4 is 23.4 Å². The third-order valence-corrected chi connectivity index (χ3v) is 4.93. The fraction of sp³-hybridized carbons (Fsp3) is 0.0385. The van der Waals surface area contributed by atoms with Crippen LogP contribution in [-0.2, 0) is 0 Å². The van der Waals surface area contributed by atoms with Crippen LogP contribution in [0.2, 0.25) is 0 Å². The first kappa shape index (κ1) is 28.7. The Kier molecular flexibility index (Phi) is 9.15. The first-order valence-electron chi connectivity index (χ1n) is 10.4. The lowest BCUT2D eigenvalue weighted by Gasteiger charge is -2.17. The highest BCUT2D eigenvalue weighted by Crippen LogP contribution is 2.35. The Labute approximate surface area is 214 Å². The summed E-state index contributed by atoms with van der Waals surface area (Å²) in [6.07, 6.45) is 3.21. The molecular weight excluding hydrogens is 539 g/mol. The highest BCUT2D eigenvalue weighted by atomic mass is 35.7. The summed E-state index contributed by atoms with van der Waals surface area (Å²) in [6.45, 7) is 0. The smallest absolute Gasteiger partial charge is 0.367 e. The lowest BCUT2D eigenvalue weighted by Crippen LogP contribution is -2.68. The molecular formula is C26H16ClF5O6. The van der Waals surface area contributed by atoms with Crippen LogP contribution in [0.3, 0.4) is 0 Å². The van der Waals surface area contributed by atoms with E-state index >= 15 is 0 Å². The highest BCUT2D eigenvalue weighted by molar-refractivity contribution is 5.75. The molecule has 1 heterocycles. The average molecular weight is 555 g/mol. The summed E-state index contributed by atoms with van der Waals surface area (Å²) in [7, 11) is -3.40. The van der Waals surface area contributed by atoms with E-state index in [0.29, 0.717) is 16.9 Å². The maximum Gasteiger partial charge on any atom is 0.367 e. The van der Waals surface area contributed by atoms with Gasteiger partial charge in [0, 0.05) is 11.6 Å². The van der Waals surface area contributed by atoms with Gasteiger partial charge in [-0.3, -0.25) is 0 Å². The predicted octanol–water partition coefficient (Wildman–Crippen LogP) is 3.01. The third kappa shape index (κ3) is 7.34. The van der Waals surface area contributed by atoms with Gasteiger partial charge in [0.2, 0.25) is 5.82 Å². The molecule has 0 spiro atoms. The van der Waals surface area contributed by atoms with Crippen molar-refractivity contribution < 1.29 is 60.0 Å². The van der Waals surface area contributed by atoms with Gasteiger partial charge in [-0.25, -0.2) is 45.0 Å². The van der Waals surface area contributed by atoms with Crippen molar-refractivity contribution in [3.8, 4) is 28.2 Å². The molecule has 0 aliphatic rings. The summed E-state index contributed by atoms with van der Waals surface area (Å²) < 4.78 is 115. The first-order valence-corrected chi connectivity index (χ1v) is 11.6. The number of halogens is 6. The Morgan fingerprint density at radius 2 is 1.21 bits per heavy atom. The van der Waals surface area contributed by atoms with E-state index in [4.69, 9.17) is 27.8 Å². The van der Waals surface area contributed by atoms with Gasteiger partial charge in [0.15, 0.2) is 28.8 Å². The van der Waals surface area contributed by atoms with E-state index in [2.05, 4.69) is 0 Å². The van der Waals surface area contributed by atoms with Crippen molar-refractivity contribution >= 4 is 12.2 Å². The topological polar surface area (TPSA) is 113 Å². The van der Waals surface area contributed by atoms with E-state index in [9.17, 15) is 22.0 Å². The number of benzene rings is 3. The fourth-order valence-corrected chi connectivity index (χ4v) is 3.24. The molecule has 0 unspecified atom stereocenters. The third-order valence-electron chi connectivity index (χ3n) is 4.93. The Balaban J connectivity index is 0.000000732. The van der Waals surface area contributed by atoms with Crippen LogP contribution in [0.4, 0.5) is 22.0 Å². The van der Waals surface area contributed by atoms with Crippen LogP contribution in [0.25, 0.3) is 34.6 Å². The van der Waals surface area contributed by atoms with Gasteiger partial charge in [0.1, 0.15) is 5.75 Å². The van der Waals surface area contributed by atoms with Gasteiger partial charge in [0.25, 0.3) is 0 Å². The lowest BCUT2D eigenvalue weighted by molar-refractivity contribution is -2.00. The summed E-state index contributed by atoms with van der Waals surface area (Å²) in [4.78, 5) is 0. The molecule has 6 nitrogen and oxygen atoms in total. The molecule has 0 saturated carbocycles. The van der Waals surface area contributed by atoms with Crippen LogP contribution in [0.5, 0.6) is 5.75 Å². The Hall–Kier alpha value is -3.87. The molecule has 4 rings (SSSR count). The minimum absolute atomic E-state index is 0.145. The van der Waals surface area contributed by atoms with Gasteiger partial charge in [-0.05, 0) is 29.3 Å². The molecule has 0 aliphatic carbocycles. The van der Waals surface area contributed by atoms with Gasteiger partial charge in [-0.15, -0.1) is 10.2 Å². The Bertz CT molecular complexity index is 1410. The summed E-state index contributed by atoms with van der Waals surface area (Å²) in [6, 6.07) is 18.7. The van der Waals surface area contributed by atoms with Crippen molar-refractivity contribution in [2.45, 2.75) is 0 Å². The molecule has 0 atom stereocenters. The molecule has 12 heteroatoms. The minimum Gasteiger partial charge on any atom is -0.497 e. The predicted molar refractivity (Wildman–Crippen MR) is 116 cm³/mol. The zero-order valence-electron chi connectivity index (χ0n) is 19.2. The molecule has 0 amide bonds. The quantitative estimate of drug-likeness (QED) is 0.162. The maximum absolute atomic E-state index is 14.5. The molecule has 198 valence electrons. The van der Waals surface area contributed by atoms with Crippen molar-refractivity contribution in [1.29, 1.82) is 0 Å². The number of hydrogen-bond acceptors (Lipinski definition) is 5. The highest BCUT2D eigenvalue weighted by Gasteiger charge is 2.33. The number of rotatable bonds is 5. The molecule has 38 heavy (non-hydrogen) atoms. The average Bonchev–Trinajstić information content (AvgIpc) is 2.89. The lowest BCUT2D eigenvalue weighted by atomic mass is 10.0. The van der Waals surface area contributed by atoms with Crippen LogP contribution in [0.15, 0.2) is 71.1 Å². The maximum atomic E-state index is 14.5. The second-order valence-electron chi connectivity index (χ2n) is 7.41. The van der Waals surface area contributed by atoms with Gasteiger partial charge < -0.3 is 4.74 Å². The first-order chi connectivity index (χ1) is 17.9. The van der Waals surface area contributed by atoms with Crippen molar-refractivity contribution in [2.75, 3.05) is 7.11 Å². The number of ether oxygens (including phenoxy) is 1. The monoisotopic (exact) mass is 554 g/mol. The Morgan fingerprint density at radius 1 is 0.684 bits per heavy atom. The van der Waals surface area contributed by atoms with Gasteiger partial charge in [0.05, 0.1) is 19.2 Å². The molecule has 0 bridgehead atoms. The molecule has 0 aliphatic heterocycles. The van der Waals surface area contributed by atoms with E-state index in [0.717, 1.165) is 5.56 Å². The standard InChI is InChI=1S/C26H16F5O2.ClHO4/c1-32-18-10-7-15(8-11-18)9-12-19-13-17(16-5-3-2-4-6-16)14-20(33-19)21-22(27)24(29)26(31)25(30)23(21)28;2-1(3,4)5/h2-14H,1H3;(H,2,3,4,5)/q+1;/p-1/b12-9+;. The van der Waals surface area contributed by atoms with Crippen molar-refractivity contribution in [1.82, 2.24) is 0 Å². The minimum atomic E-state index is -4.94. The fourth-order valence-electron chi connectivity index (χ4n) is 3.24. The van der Waals surface area contributed by atoms with Crippen LogP contribution in [0.1, 0.15) is 11.3 Å². The SMILES string of the molecule is COc1ccc(/C=C/c2cc(-c3ccccc3)cc(-c3c(F)c(F)c(F)c(F)c3F)[o+]2)cc1.[O-][Cl+3]([O-])([O-])[O-]. The van der Waals surface area contributed by atoms with Gasteiger partial charge in [-0.1, -0.05) is 42.5 Å². The van der Waals surface area contributed by atoms with Crippen molar-refractivity contribution in [3.05, 3.63) is 107 Å². The molecule has 3 aromatic carbocycles. The molecule has 0 saturated heterocycles. The molecule has 0 N–H and O–H groups in total. The second-order valence-corrected chi connectivity index (χ2v) is 8.16. The van der Waals surface area contributed by atoms with Crippen LogP contribution >= 0.6 is 0 Å². The molecule has 1 aromatic heterocycles. The van der Waals surface area contributed by atoms with Gasteiger partial charge >= 0.3 is 11.5 Å². The van der Waals surface area contributed by atoms with E-state index in [1.54, 1.807) is 73.8 Å². The molecule has 0 fully saturated rings. The summed E-state index contributed by atoms with van der Waals surface area (Å²) in [5.74, 6) is -9.94. The second kappa shape index (κ2) is 12.1. The van der Waals surface area contributed by atoms with Gasteiger partial charge in [-0.2, -0.15) is 0 Å². The van der Waals surface area contributed by atoms with E-state index < -0.39 is 50.7 Å². The summed E-state index contributed by atoms with van der Waals surface area (Å²) in [5, 5.41) is 0. The summed E-state index contributed by atoms with van der Waals surface area (Å²) in [5.41, 5.74) is 0.768. The van der Waals surface area contributed by atoms with E-state index in [1.165, 1.54) is 12.1 Å². The Morgan fingerprint density at radius 3 is 1.74 bits per heavy atom. The van der Waals surface area contributed by atoms with E-state index in [-0.39, 0.29) is 5.76 Å². The zero-order chi connectivity index (χ0) is 28.0. The van der Waals surface area contributed by atoms with Crippen LogP contribution in [-0.4, -0.2) is 7.11 Å². The normalized spacial score (nSPS) is 11.3. The van der Waals surface area contributed by atoms with Crippen molar-refractivity contribution in [2.24, 2.45) is 0 Å². The number of methoxy groups -OCH3 is 1. The zero-order valence-corrected chi connectivity index (χ0v) is 20.0. The summed E-state index contributed by atoms with van der Waals surface area (Å²) >= 11 is 0. The molecule has 0 radical (unpaired) electrons. The largest absolute Gasteiger partial charge is 0.497 e.